The van der Waals surface area contributed by atoms with Crippen molar-refractivity contribution in [1.82, 2.24) is 4.40 Å². The third kappa shape index (κ3) is 2.47. The molecule has 21 heavy (non-hydrogen) atoms. The van der Waals surface area contributed by atoms with Gasteiger partial charge in [-0.15, -0.1) is 0 Å². The first kappa shape index (κ1) is 13.9. The van der Waals surface area contributed by atoms with E-state index >= 15 is 0 Å². The zero-order valence-electron chi connectivity index (χ0n) is 11.5. The molecule has 4 heteroatoms. The van der Waals surface area contributed by atoms with E-state index in [0.717, 1.165) is 33.2 Å². The average Bonchev–Trinajstić information content (AvgIpc) is 2.87. The second-order valence-electron chi connectivity index (χ2n) is 4.63. The molecule has 106 valence electrons. The van der Waals surface area contributed by atoms with Crippen LogP contribution in [-0.4, -0.2) is 17.3 Å². The molecule has 0 amide bonds. The van der Waals surface area contributed by atoms with Crippen LogP contribution < -0.4 is 4.74 Å². The first-order chi connectivity index (χ1) is 10.2. The highest BCUT2D eigenvalue weighted by Gasteiger charge is 2.15. The van der Waals surface area contributed by atoms with Crippen LogP contribution in [0.2, 0.25) is 0 Å². The minimum absolute atomic E-state index is 0.582. The van der Waals surface area contributed by atoms with Gasteiger partial charge in [-0.3, -0.25) is 4.79 Å². The van der Waals surface area contributed by atoms with Crippen LogP contribution in [0.25, 0.3) is 16.6 Å². The molecule has 3 aromatic rings. The van der Waals surface area contributed by atoms with Gasteiger partial charge < -0.3 is 9.14 Å². The molecule has 0 radical (unpaired) electrons. The Labute approximate surface area is 131 Å². The maximum absolute atomic E-state index is 11.6. The standard InChI is InChI=1S/C17H14BrNO2/c1-2-21-17-7-6-12(18)9-15(17)14-10-13-5-3-4-8-19(13)16(14)11-20/h3-11H,2H2,1H3. The molecule has 0 unspecified atom stereocenters. The van der Waals surface area contributed by atoms with E-state index in [1.807, 2.05) is 60.0 Å². The Bertz CT molecular complexity index is 808. The van der Waals surface area contributed by atoms with Gasteiger partial charge in [0.15, 0.2) is 6.29 Å². The number of nitrogens with zero attached hydrogens (tertiary/aromatic N) is 1. The lowest BCUT2D eigenvalue weighted by Crippen LogP contribution is -1.96. The van der Waals surface area contributed by atoms with Gasteiger partial charge in [-0.2, -0.15) is 0 Å². The predicted octanol–water partition coefficient (Wildman–Crippen LogP) is 4.58. The van der Waals surface area contributed by atoms with Crippen LogP contribution >= 0.6 is 15.9 Å². The maximum Gasteiger partial charge on any atom is 0.167 e. The van der Waals surface area contributed by atoms with Gasteiger partial charge in [0.25, 0.3) is 0 Å². The fourth-order valence-corrected chi connectivity index (χ4v) is 2.84. The van der Waals surface area contributed by atoms with Crippen molar-refractivity contribution in [2.45, 2.75) is 6.92 Å². The topological polar surface area (TPSA) is 30.7 Å². The lowest BCUT2D eigenvalue weighted by molar-refractivity contribution is 0.111. The minimum Gasteiger partial charge on any atom is -0.493 e. The number of hydrogen-bond donors (Lipinski definition) is 0. The summed E-state index contributed by atoms with van der Waals surface area (Å²) in [6.07, 6.45) is 2.78. The summed E-state index contributed by atoms with van der Waals surface area (Å²) in [7, 11) is 0. The van der Waals surface area contributed by atoms with Crippen molar-refractivity contribution in [1.29, 1.82) is 0 Å². The van der Waals surface area contributed by atoms with Crippen LogP contribution in [0, 0.1) is 0 Å². The van der Waals surface area contributed by atoms with Gasteiger partial charge in [-0.1, -0.05) is 22.0 Å². The monoisotopic (exact) mass is 343 g/mol. The molecule has 0 spiro atoms. The molecule has 1 aromatic carbocycles. The van der Waals surface area contributed by atoms with Crippen LogP contribution in [0.5, 0.6) is 5.75 Å². The number of ether oxygens (including phenoxy) is 1. The Kier molecular flexibility index (Phi) is 3.80. The summed E-state index contributed by atoms with van der Waals surface area (Å²) in [4.78, 5) is 11.6. The summed E-state index contributed by atoms with van der Waals surface area (Å²) < 4.78 is 8.54. The molecule has 3 nitrogen and oxygen atoms in total. The minimum atomic E-state index is 0.582. The quantitative estimate of drug-likeness (QED) is 0.649. The van der Waals surface area contributed by atoms with Crippen molar-refractivity contribution in [2.75, 3.05) is 6.61 Å². The number of aromatic nitrogens is 1. The smallest absolute Gasteiger partial charge is 0.167 e. The van der Waals surface area contributed by atoms with Crippen molar-refractivity contribution in [3.63, 3.8) is 0 Å². The predicted molar refractivity (Wildman–Crippen MR) is 87.1 cm³/mol. The second kappa shape index (κ2) is 5.74. The van der Waals surface area contributed by atoms with Crippen molar-refractivity contribution in [3.8, 4) is 16.9 Å². The van der Waals surface area contributed by atoms with Crippen LogP contribution in [0.4, 0.5) is 0 Å². The highest BCUT2D eigenvalue weighted by molar-refractivity contribution is 9.10. The van der Waals surface area contributed by atoms with Crippen molar-refractivity contribution >= 4 is 27.7 Å². The molecule has 0 fully saturated rings. The Hall–Kier alpha value is -2.07. The molecule has 0 saturated carbocycles. The lowest BCUT2D eigenvalue weighted by Gasteiger charge is -2.10. The summed E-state index contributed by atoms with van der Waals surface area (Å²) in [6, 6.07) is 13.7. The van der Waals surface area contributed by atoms with E-state index in [4.69, 9.17) is 4.74 Å². The number of carbonyl (C=O) groups excluding carboxylic acids is 1. The zero-order chi connectivity index (χ0) is 14.8. The molecule has 0 atom stereocenters. The molecule has 3 rings (SSSR count). The zero-order valence-corrected chi connectivity index (χ0v) is 13.1. The fourth-order valence-electron chi connectivity index (χ4n) is 2.47. The summed E-state index contributed by atoms with van der Waals surface area (Å²) in [5.41, 5.74) is 3.40. The third-order valence-electron chi connectivity index (χ3n) is 3.36. The number of benzene rings is 1. The molecule has 0 bridgehead atoms. The first-order valence-corrected chi connectivity index (χ1v) is 7.52. The maximum atomic E-state index is 11.6. The Morgan fingerprint density at radius 1 is 1.19 bits per heavy atom. The third-order valence-corrected chi connectivity index (χ3v) is 3.86. The highest BCUT2D eigenvalue weighted by atomic mass is 79.9. The number of rotatable bonds is 4. The molecular weight excluding hydrogens is 330 g/mol. The van der Waals surface area contributed by atoms with E-state index in [-0.39, 0.29) is 0 Å². The van der Waals surface area contributed by atoms with E-state index in [0.29, 0.717) is 12.3 Å². The number of pyridine rings is 1. The molecule has 2 heterocycles. The molecule has 0 aliphatic rings. The van der Waals surface area contributed by atoms with Gasteiger partial charge >= 0.3 is 0 Å². The van der Waals surface area contributed by atoms with E-state index < -0.39 is 0 Å². The van der Waals surface area contributed by atoms with Gasteiger partial charge in [0, 0.05) is 27.3 Å². The molecule has 0 saturated heterocycles. The largest absolute Gasteiger partial charge is 0.493 e. The normalized spacial score (nSPS) is 10.8. The highest BCUT2D eigenvalue weighted by Crippen LogP contribution is 2.36. The van der Waals surface area contributed by atoms with E-state index in [2.05, 4.69) is 15.9 Å². The number of hydrogen-bond acceptors (Lipinski definition) is 2. The number of halogens is 1. The molecule has 0 aliphatic heterocycles. The van der Waals surface area contributed by atoms with Gasteiger partial charge in [0.05, 0.1) is 12.3 Å². The van der Waals surface area contributed by atoms with Crippen molar-refractivity contribution in [3.05, 3.63) is 58.8 Å². The molecule has 0 aliphatic carbocycles. The van der Waals surface area contributed by atoms with Gasteiger partial charge in [-0.25, -0.2) is 0 Å². The van der Waals surface area contributed by atoms with Crippen LogP contribution in [0.1, 0.15) is 17.4 Å². The molecule has 2 aromatic heterocycles. The van der Waals surface area contributed by atoms with Gasteiger partial charge in [0.2, 0.25) is 0 Å². The van der Waals surface area contributed by atoms with Crippen molar-refractivity contribution in [2.24, 2.45) is 0 Å². The van der Waals surface area contributed by atoms with Gasteiger partial charge in [-0.05, 0) is 43.3 Å². The Morgan fingerprint density at radius 2 is 2.05 bits per heavy atom. The fraction of sp³-hybridized carbons (Fsp3) is 0.118. The van der Waals surface area contributed by atoms with E-state index in [1.54, 1.807) is 0 Å². The van der Waals surface area contributed by atoms with E-state index in [1.165, 1.54) is 0 Å². The summed E-state index contributed by atoms with van der Waals surface area (Å²) >= 11 is 3.48. The Morgan fingerprint density at radius 3 is 2.81 bits per heavy atom. The molecule has 0 N–H and O–H groups in total. The van der Waals surface area contributed by atoms with Crippen LogP contribution in [0.3, 0.4) is 0 Å². The molecular formula is C17H14BrNO2. The number of fused-ring (bicyclic) bond motifs is 1. The van der Waals surface area contributed by atoms with E-state index in [9.17, 15) is 4.79 Å². The second-order valence-corrected chi connectivity index (χ2v) is 5.55. The number of aldehydes is 1. The first-order valence-electron chi connectivity index (χ1n) is 6.72. The van der Waals surface area contributed by atoms with Gasteiger partial charge in [0.1, 0.15) is 5.75 Å². The summed E-state index contributed by atoms with van der Waals surface area (Å²) in [5, 5.41) is 0. The lowest BCUT2D eigenvalue weighted by atomic mass is 10.1. The Balaban J connectivity index is 2.29. The van der Waals surface area contributed by atoms with Crippen LogP contribution in [-0.2, 0) is 0 Å². The summed E-state index contributed by atoms with van der Waals surface area (Å²) in [6.45, 7) is 2.53. The number of carbonyl (C=O) groups is 1. The van der Waals surface area contributed by atoms with Crippen LogP contribution in [0.15, 0.2) is 53.1 Å². The van der Waals surface area contributed by atoms with Crippen molar-refractivity contribution < 1.29 is 9.53 Å². The summed E-state index contributed by atoms with van der Waals surface area (Å²) in [5.74, 6) is 0.778. The SMILES string of the molecule is CCOc1ccc(Br)cc1-c1cc2ccccn2c1C=O. The average molecular weight is 344 g/mol.